The molecule has 1 heterocycles. The molecule has 0 aromatic carbocycles. The van der Waals surface area contributed by atoms with Crippen molar-refractivity contribution in [2.24, 2.45) is 17.8 Å². The van der Waals surface area contributed by atoms with Gasteiger partial charge in [-0.05, 0) is 17.8 Å². The van der Waals surface area contributed by atoms with Crippen LogP contribution in [0, 0.1) is 23.2 Å². The molecule has 120 valence electrons. The van der Waals surface area contributed by atoms with Crippen LogP contribution in [0.1, 0.15) is 41.5 Å². The first-order valence-corrected chi connectivity index (χ1v) is 7.64. The van der Waals surface area contributed by atoms with Gasteiger partial charge in [0.05, 0.1) is 0 Å². The second-order valence-corrected chi connectivity index (χ2v) is 6.90. The van der Waals surface area contributed by atoms with E-state index in [4.69, 9.17) is 5.41 Å². The molecule has 0 aliphatic carbocycles. The Kier molecular flexibility index (Phi) is 5.75. The Morgan fingerprint density at radius 3 is 1.29 bits per heavy atom. The van der Waals surface area contributed by atoms with Crippen LogP contribution in [-0.2, 0) is 19.6 Å². The maximum absolute atomic E-state index is 12.5. The zero-order valence-electron chi connectivity index (χ0n) is 14.0. The summed E-state index contributed by atoms with van der Waals surface area (Å²) in [6.07, 6.45) is 0. The number of aromatic nitrogens is 3. The standard InChI is InChI=1S/C15H28N4O2/c1-10(2)7-17-13(16)18(8-11(3)4)15(21)19(14(17)20)9-12(5)6/h10-12,16H,7-9H2,1-6H3. The molecule has 0 saturated heterocycles. The topological polar surface area (TPSA) is 72.8 Å². The van der Waals surface area contributed by atoms with Gasteiger partial charge < -0.3 is 0 Å². The van der Waals surface area contributed by atoms with Crippen LogP contribution >= 0.6 is 0 Å². The molecule has 1 rings (SSSR count). The van der Waals surface area contributed by atoms with Crippen molar-refractivity contribution in [2.75, 3.05) is 0 Å². The monoisotopic (exact) mass is 296 g/mol. The highest BCUT2D eigenvalue weighted by Gasteiger charge is 2.15. The van der Waals surface area contributed by atoms with E-state index in [1.165, 1.54) is 13.7 Å². The lowest BCUT2D eigenvalue weighted by Crippen LogP contribution is -2.55. The predicted molar refractivity (Wildman–Crippen MR) is 83.3 cm³/mol. The maximum Gasteiger partial charge on any atom is 0.334 e. The minimum Gasteiger partial charge on any atom is -0.268 e. The molecular weight excluding hydrogens is 268 g/mol. The molecular formula is C15H28N4O2. The third kappa shape index (κ3) is 4.19. The van der Waals surface area contributed by atoms with Gasteiger partial charge in [-0.2, -0.15) is 0 Å². The Balaban J connectivity index is 3.62. The van der Waals surface area contributed by atoms with Gasteiger partial charge in [0.25, 0.3) is 0 Å². The third-order valence-electron chi connectivity index (χ3n) is 3.08. The van der Waals surface area contributed by atoms with E-state index < -0.39 is 0 Å². The van der Waals surface area contributed by atoms with Crippen LogP contribution < -0.4 is 17.0 Å². The summed E-state index contributed by atoms with van der Waals surface area (Å²) in [6.45, 7) is 13.2. The minimum atomic E-state index is -0.368. The van der Waals surface area contributed by atoms with Gasteiger partial charge in [0.2, 0.25) is 5.62 Å². The Morgan fingerprint density at radius 1 is 0.714 bits per heavy atom. The highest BCUT2D eigenvalue weighted by atomic mass is 16.2. The molecule has 0 amide bonds. The predicted octanol–water partition coefficient (Wildman–Crippen LogP) is 1.26. The molecule has 6 nitrogen and oxygen atoms in total. The van der Waals surface area contributed by atoms with Crippen LogP contribution in [-0.4, -0.2) is 13.7 Å². The van der Waals surface area contributed by atoms with E-state index >= 15 is 0 Å². The van der Waals surface area contributed by atoms with Crippen LogP contribution in [0.5, 0.6) is 0 Å². The Morgan fingerprint density at radius 2 is 1.00 bits per heavy atom. The fourth-order valence-corrected chi connectivity index (χ4v) is 2.28. The van der Waals surface area contributed by atoms with Crippen LogP contribution in [0.2, 0.25) is 0 Å². The summed E-state index contributed by atoms with van der Waals surface area (Å²) in [4.78, 5) is 25.0. The first kappa shape index (κ1) is 17.5. The van der Waals surface area contributed by atoms with E-state index in [-0.39, 0.29) is 34.8 Å². The number of nitrogens with zero attached hydrogens (tertiary/aromatic N) is 3. The molecule has 0 radical (unpaired) electrons. The summed E-state index contributed by atoms with van der Waals surface area (Å²) in [7, 11) is 0. The van der Waals surface area contributed by atoms with Gasteiger partial charge >= 0.3 is 11.4 Å². The largest absolute Gasteiger partial charge is 0.334 e. The average Bonchev–Trinajstić information content (AvgIpc) is 2.35. The van der Waals surface area contributed by atoms with E-state index in [0.29, 0.717) is 19.6 Å². The Hall–Kier alpha value is -1.59. The third-order valence-corrected chi connectivity index (χ3v) is 3.08. The molecule has 0 unspecified atom stereocenters. The summed E-state index contributed by atoms with van der Waals surface area (Å²) >= 11 is 0. The summed E-state index contributed by atoms with van der Waals surface area (Å²) in [5, 5.41) is 8.21. The van der Waals surface area contributed by atoms with Gasteiger partial charge in [-0.15, -0.1) is 0 Å². The van der Waals surface area contributed by atoms with Crippen molar-refractivity contribution in [1.82, 2.24) is 13.7 Å². The lowest BCUT2D eigenvalue weighted by molar-refractivity contribution is 0.357. The fourth-order valence-electron chi connectivity index (χ4n) is 2.28. The summed E-state index contributed by atoms with van der Waals surface area (Å²) < 4.78 is 4.10. The Labute approximate surface area is 125 Å². The van der Waals surface area contributed by atoms with Crippen molar-refractivity contribution in [2.45, 2.75) is 61.2 Å². The van der Waals surface area contributed by atoms with Crippen molar-refractivity contribution < 1.29 is 0 Å². The number of rotatable bonds is 6. The van der Waals surface area contributed by atoms with Crippen molar-refractivity contribution >= 4 is 0 Å². The molecule has 0 spiro atoms. The Bertz CT molecular complexity index is 526. The average molecular weight is 296 g/mol. The molecule has 6 heteroatoms. The van der Waals surface area contributed by atoms with Gasteiger partial charge in [-0.1, -0.05) is 41.5 Å². The lowest BCUT2D eigenvalue weighted by Gasteiger charge is -2.18. The molecule has 0 aliphatic rings. The number of hydrogen-bond acceptors (Lipinski definition) is 3. The minimum absolute atomic E-state index is 0.00686. The summed E-state index contributed by atoms with van der Waals surface area (Å²) in [5.74, 6) is 0.681. The van der Waals surface area contributed by atoms with Gasteiger partial charge in [-0.3, -0.25) is 14.5 Å². The molecule has 0 saturated carbocycles. The number of nitrogens with one attached hydrogen (secondary N) is 1. The second-order valence-electron chi connectivity index (χ2n) is 6.90. The van der Waals surface area contributed by atoms with E-state index in [9.17, 15) is 9.59 Å². The smallest absolute Gasteiger partial charge is 0.268 e. The number of hydrogen-bond donors (Lipinski definition) is 1. The van der Waals surface area contributed by atoms with Crippen LogP contribution in [0.4, 0.5) is 0 Å². The molecule has 0 aliphatic heterocycles. The SMILES string of the molecule is CC(C)Cn1c(=N)n(CC(C)C)c(=O)n(CC(C)C)c1=O. The van der Waals surface area contributed by atoms with Crippen molar-refractivity contribution in [3.05, 3.63) is 26.6 Å². The van der Waals surface area contributed by atoms with Crippen molar-refractivity contribution in [3.8, 4) is 0 Å². The zero-order valence-corrected chi connectivity index (χ0v) is 14.0. The molecule has 0 bridgehead atoms. The highest BCUT2D eigenvalue weighted by molar-refractivity contribution is 4.78. The molecule has 1 N–H and O–H groups in total. The molecule has 1 aromatic heterocycles. The van der Waals surface area contributed by atoms with E-state index in [1.807, 2.05) is 41.5 Å². The van der Waals surface area contributed by atoms with Crippen LogP contribution in [0.15, 0.2) is 9.59 Å². The maximum atomic E-state index is 12.5. The molecule has 1 aromatic rings. The van der Waals surface area contributed by atoms with E-state index in [1.54, 1.807) is 0 Å². The zero-order chi connectivity index (χ0) is 16.3. The molecule has 21 heavy (non-hydrogen) atoms. The van der Waals surface area contributed by atoms with E-state index in [0.717, 1.165) is 0 Å². The van der Waals surface area contributed by atoms with Crippen LogP contribution in [0.3, 0.4) is 0 Å². The molecule has 0 atom stereocenters. The first-order valence-electron chi connectivity index (χ1n) is 7.64. The lowest BCUT2D eigenvalue weighted by atomic mass is 10.2. The quantitative estimate of drug-likeness (QED) is 0.858. The highest BCUT2D eigenvalue weighted by Crippen LogP contribution is 1.97. The molecule has 0 fully saturated rings. The van der Waals surface area contributed by atoms with E-state index in [2.05, 4.69) is 0 Å². The summed E-state index contributed by atoms with van der Waals surface area (Å²) in [6, 6.07) is 0. The first-order chi connectivity index (χ1) is 9.65. The van der Waals surface area contributed by atoms with Crippen molar-refractivity contribution in [1.29, 1.82) is 5.41 Å². The van der Waals surface area contributed by atoms with Gasteiger partial charge in [0, 0.05) is 19.6 Å². The van der Waals surface area contributed by atoms with Crippen molar-refractivity contribution in [3.63, 3.8) is 0 Å². The van der Waals surface area contributed by atoms with Gasteiger partial charge in [-0.25, -0.2) is 14.2 Å². The fraction of sp³-hybridized carbons (Fsp3) is 0.800. The van der Waals surface area contributed by atoms with Gasteiger partial charge in [0.15, 0.2) is 0 Å². The van der Waals surface area contributed by atoms with Gasteiger partial charge in [0.1, 0.15) is 0 Å². The summed E-state index contributed by atoms with van der Waals surface area (Å²) in [5.41, 5.74) is -0.729. The normalized spacial score (nSPS) is 11.9. The second kappa shape index (κ2) is 6.91. The van der Waals surface area contributed by atoms with Crippen LogP contribution in [0.25, 0.3) is 0 Å².